The molecule has 5 nitrogen and oxygen atoms in total. The largest absolute Gasteiger partial charge is 0.274 e. The number of nitrogens with zero attached hydrogens (tertiary/aromatic N) is 1. The second-order valence-electron chi connectivity index (χ2n) is 4.21. The van der Waals surface area contributed by atoms with Gasteiger partial charge in [0.05, 0.1) is 28.4 Å². The molecule has 0 radical (unpaired) electrons. The number of nitrogens with one attached hydrogen (secondary N) is 1. The zero-order valence-electron chi connectivity index (χ0n) is 10.8. The van der Waals surface area contributed by atoms with Crippen LogP contribution in [0.1, 0.15) is 5.69 Å². The van der Waals surface area contributed by atoms with E-state index >= 15 is 0 Å². The molecular formula is C12H10Cl2N2O3S2. The van der Waals surface area contributed by atoms with Crippen molar-refractivity contribution < 1.29 is 13.2 Å². The minimum atomic E-state index is -3.57. The van der Waals surface area contributed by atoms with E-state index in [1.807, 2.05) is 4.72 Å². The summed E-state index contributed by atoms with van der Waals surface area (Å²) in [5.41, 5.74) is 1.05. The summed E-state index contributed by atoms with van der Waals surface area (Å²) in [7, 11) is -3.57. The number of benzene rings is 1. The standard InChI is InChI=1S/C12H10Cl2N2O3S2/c1-21(18,19)16-10(17)5-7-6-20-12(15-7)11-8(13)3-2-4-9(11)14/h2-4,6H,5H2,1H3,(H,16,17). The van der Waals surface area contributed by atoms with Gasteiger partial charge in [-0.15, -0.1) is 11.3 Å². The van der Waals surface area contributed by atoms with E-state index in [0.29, 0.717) is 26.3 Å². The Hall–Kier alpha value is -1.15. The van der Waals surface area contributed by atoms with Crippen LogP contribution in [-0.2, 0) is 21.2 Å². The van der Waals surface area contributed by atoms with Crippen molar-refractivity contribution in [1.29, 1.82) is 0 Å². The molecule has 0 fully saturated rings. The molecule has 0 spiro atoms. The van der Waals surface area contributed by atoms with E-state index < -0.39 is 15.9 Å². The number of aromatic nitrogens is 1. The Labute approximate surface area is 136 Å². The minimum absolute atomic E-state index is 0.133. The third-order valence-electron chi connectivity index (χ3n) is 2.37. The maximum Gasteiger partial charge on any atom is 0.239 e. The fraction of sp³-hybridized carbons (Fsp3) is 0.167. The number of carbonyl (C=O) groups is 1. The van der Waals surface area contributed by atoms with E-state index in [2.05, 4.69) is 4.98 Å². The number of amides is 1. The van der Waals surface area contributed by atoms with Crippen LogP contribution in [0, 0.1) is 0 Å². The van der Waals surface area contributed by atoms with Crippen LogP contribution in [-0.4, -0.2) is 25.6 Å². The molecule has 0 aliphatic heterocycles. The monoisotopic (exact) mass is 364 g/mol. The van der Waals surface area contributed by atoms with Crippen molar-refractivity contribution in [2.45, 2.75) is 6.42 Å². The lowest BCUT2D eigenvalue weighted by Gasteiger charge is -2.02. The summed E-state index contributed by atoms with van der Waals surface area (Å²) in [5, 5.41) is 3.16. The quantitative estimate of drug-likeness (QED) is 0.904. The van der Waals surface area contributed by atoms with E-state index in [1.165, 1.54) is 11.3 Å². The van der Waals surface area contributed by atoms with Crippen LogP contribution in [0.2, 0.25) is 10.0 Å². The van der Waals surface area contributed by atoms with Crippen molar-refractivity contribution >= 4 is 50.5 Å². The van der Waals surface area contributed by atoms with Gasteiger partial charge in [-0.2, -0.15) is 0 Å². The minimum Gasteiger partial charge on any atom is -0.274 e. The molecule has 0 aliphatic carbocycles. The molecule has 0 saturated carbocycles. The number of halogens is 2. The first-order valence-electron chi connectivity index (χ1n) is 5.65. The molecule has 0 aliphatic rings. The van der Waals surface area contributed by atoms with E-state index in [-0.39, 0.29) is 6.42 Å². The lowest BCUT2D eigenvalue weighted by atomic mass is 10.2. The van der Waals surface area contributed by atoms with Gasteiger partial charge in [-0.05, 0) is 12.1 Å². The topological polar surface area (TPSA) is 76.1 Å². The lowest BCUT2D eigenvalue weighted by molar-refractivity contribution is -0.118. The summed E-state index contributed by atoms with van der Waals surface area (Å²) in [6, 6.07) is 5.11. The molecule has 1 aromatic carbocycles. The Morgan fingerprint density at radius 1 is 1.33 bits per heavy atom. The molecule has 0 bridgehead atoms. The normalized spacial score (nSPS) is 11.4. The zero-order chi connectivity index (χ0) is 15.6. The number of sulfonamides is 1. The first-order chi connectivity index (χ1) is 9.76. The Bertz CT molecular complexity index is 767. The Kier molecular flexibility index (Phi) is 4.88. The van der Waals surface area contributed by atoms with Gasteiger partial charge in [0, 0.05) is 10.9 Å². The van der Waals surface area contributed by atoms with Crippen molar-refractivity contribution in [2.75, 3.05) is 6.26 Å². The third-order valence-corrected chi connectivity index (χ3v) is 4.51. The van der Waals surface area contributed by atoms with Crippen molar-refractivity contribution in [3.05, 3.63) is 39.3 Å². The highest BCUT2D eigenvalue weighted by atomic mass is 35.5. The fourth-order valence-corrected chi connectivity index (χ4v) is 3.68. The molecule has 1 amide bonds. The molecule has 21 heavy (non-hydrogen) atoms. The van der Waals surface area contributed by atoms with Crippen molar-refractivity contribution in [3.63, 3.8) is 0 Å². The molecule has 0 saturated heterocycles. The molecule has 2 aromatic rings. The Balaban J connectivity index is 2.21. The summed E-state index contributed by atoms with van der Waals surface area (Å²) in [6.45, 7) is 0. The maximum absolute atomic E-state index is 11.5. The highest BCUT2D eigenvalue weighted by Gasteiger charge is 2.15. The molecule has 112 valence electrons. The molecule has 2 rings (SSSR count). The predicted molar refractivity (Wildman–Crippen MR) is 84.3 cm³/mol. The maximum atomic E-state index is 11.5. The lowest BCUT2D eigenvalue weighted by Crippen LogP contribution is -2.30. The van der Waals surface area contributed by atoms with Crippen molar-refractivity contribution in [3.8, 4) is 10.6 Å². The van der Waals surface area contributed by atoms with Crippen molar-refractivity contribution in [1.82, 2.24) is 9.71 Å². The SMILES string of the molecule is CS(=O)(=O)NC(=O)Cc1csc(-c2c(Cl)cccc2Cl)n1. The summed E-state index contributed by atoms with van der Waals surface area (Å²) < 4.78 is 23.8. The van der Waals surface area contributed by atoms with E-state index in [0.717, 1.165) is 6.26 Å². The van der Waals surface area contributed by atoms with Crippen LogP contribution in [0.5, 0.6) is 0 Å². The molecule has 0 atom stereocenters. The predicted octanol–water partition coefficient (Wildman–Crippen LogP) is 2.74. The van der Waals surface area contributed by atoms with Crippen LogP contribution in [0.15, 0.2) is 23.6 Å². The molecular weight excluding hydrogens is 355 g/mol. The van der Waals surface area contributed by atoms with Crippen LogP contribution >= 0.6 is 34.5 Å². The summed E-state index contributed by atoms with van der Waals surface area (Å²) in [6.07, 6.45) is 0.784. The zero-order valence-corrected chi connectivity index (χ0v) is 13.9. The number of rotatable bonds is 4. The van der Waals surface area contributed by atoms with Gasteiger partial charge < -0.3 is 0 Å². The van der Waals surface area contributed by atoms with Gasteiger partial charge in [0.1, 0.15) is 5.01 Å². The molecule has 1 heterocycles. The molecule has 1 aromatic heterocycles. The number of hydrogen-bond donors (Lipinski definition) is 1. The molecule has 0 unspecified atom stereocenters. The van der Waals surface area contributed by atoms with Gasteiger partial charge in [-0.1, -0.05) is 29.3 Å². The number of hydrogen-bond acceptors (Lipinski definition) is 5. The van der Waals surface area contributed by atoms with Crippen LogP contribution in [0.4, 0.5) is 0 Å². The third kappa shape index (κ3) is 4.41. The summed E-state index contributed by atoms with van der Waals surface area (Å²) >= 11 is 13.5. The smallest absolute Gasteiger partial charge is 0.239 e. The first-order valence-corrected chi connectivity index (χ1v) is 9.18. The van der Waals surface area contributed by atoms with Gasteiger partial charge in [-0.3, -0.25) is 9.52 Å². The number of thiazole rings is 1. The van der Waals surface area contributed by atoms with Crippen LogP contribution in [0.25, 0.3) is 10.6 Å². The van der Waals surface area contributed by atoms with Gasteiger partial charge in [0.2, 0.25) is 15.9 Å². The van der Waals surface area contributed by atoms with Crippen LogP contribution in [0.3, 0.4) is 0 Å². The first kappa shape index (κ1) is 16.2. The fourth-order valence-electron chi connectivity index (χ4n) is 1.61. The van der Waals surface area contributed by atoms with Gasteiger partial charge in [0.25, 0.3) is 0 Å². The van der Waals surface area contributed by atoms with Crippen molar-refractivity contribution in [2.24, 2.45) is 0 Å². The number of carbonyl (C=O) groups excluding carboxylic acids is 1. The van der Waals surface area contributed by atoms with E-state index in [9.17, 15) is 13.2 Å². The van der Waals surface area contributed by atoms with E-state index in [1.54, 1.807) is 23.6 Å². The van der Waals surface area contributed by atoms with Gasteiger partial charge >= 0.3 is 0 Å². The van der Waals surface area contributed by atoms with Gasteiger partial charge in [0.15, 0.2) is 0 Å². The van der Waals surface area contributed by atoms with E-state index in [4.69, 9.17) is 23.2 Å². The molecule has 9 heteroatoms. The molecule has 1 N–H and O–H groups in total. The highest BCUT2D eigenvalue weighted by molar-refractivity contribution is 7.89. The average molecular weight is 365 g/mol. The summed E-state index contributed by atoms with van der Waals surface area (Å²) in [5.74, 6) is -0.639. The second kappa shape index (κ2) is 6.31. The Morgan fingerprint density at radius 2 is 1.95 bits per heavy atom. The summed E-state index contributed by atoms with van der Waals surface area (Å²) in [4.78, 5) is 15.8. The second-order valence-corrected chi connectivity index (χ2v) is 7.64. The van der Waals surface area contributed by atoms with Crippen LogP contribution < -0.4 is 4.72 Å². The highest BCUT2D eigenvalue weighted by Crippen LogP contribution is 2.36. The Morgan fingerprint density at radius 3 is 2.52 bits per heavy atom. The average Bonchev–Trinajstić information content (AvgIpc) is 2.74. The van der Waals surface area contributed by atoms with Gasteiger partial charge in [-0.25, -0.2) is 13.4 Å².